The maximum atomic E-state index is 13.1. The minimum absolute atomic E-state index is 0.0710. The predicted octanol–water partition coefficient (Wildman–Crippen LogP) is 4.14. The number of hydrogen-bond acceptors (Lipinski definition) is 3. The van der Waals surface area contributed by atoms with E-state index in [1.54, 1.807) is 11.8 Å². The first-order valence-corrected chi connectivity index (χ1v) is 10.3. The highest BCUT2D eigenvalue weighted by atomic mass is 32.2. The molecule has 2 fully saturated rings. The Bertz CT molecular complexity index is 909. The van der Waals surface area contributed by atoms with Crippen molar-refractivity contribution in [1.29, 1.82) is 0 Å². The quantitative estimate of drug-likeness (QED) is 0.871. The van der Waals surface area contributed by atoms with Gasteiger partial charge in [0.1, 0.15) is 10.9 Å². The zero-order chi connectivity index (χ0) is 19.2. The van der Waals surface area contributed by atoms with Gasteiger partial charge in [0.2, 0.25) is 11.8 Å². The highest BCUT2D eigenvalue weighted by molar-refractivity contribution is 8.00. The molecule has 0 radical (unpaired) electrons. The van der Waals surface area contributed by atoms with Crippen molar-refractivity contribution in [2.24, 2.45) is 0 Å². The zero-order valence-corrected chi connectivity index (χ0v) is 16.7. The van der Waals surface area contributed by atoms with Crippen molar-refractivity contribution in [3.05, 3.63) is 64.7 Å². The first kappa shape index (κ1) is 18.1. The molecule has 2 aromatic carbocycles. The molecule has 0 spiro atoms. The summed E-state index contributed by atoms with van der Waals surface area (Å²) in [6.45, 7) is 6.09. The third-order valence-electron chi connectivity index (χ3n) is 5.80. The molecule has 2 saturated heterocycles. The Labute approximate surface area is 164 Å². The summed E-state index contributed by atoms with van der Waals surface area (Å²) in [6, 6.07) is 13.8. The van der Waals surface area contributed by atoms with E-state index in [1.165, 1.54) is 5.56 Å². The third-order valence-corrected chi connectivity index (χ3v) is 7.39. The normalized spacial score (nSPS) is 24.2. The number of aryl methyl sites for hydroxylation is 2. The Balaban J connectivity index is 1.63. The van der Waals surface area contributed by atoms with Gasteiger partial charge in [-0.15, -0.1) is 11.8 Å². The highest BCUT2D eigenvalue weighted by Gasteiger charge is 2.56. The minimum atomic E-state index is -0.439. The number of carbonyl (C=O) groups excluding carboxylic acids is 2. The molecule has 1 N–H and O–H groups in total. The molecule has 2 amide bonds. The van der Waals surface area contributed by atoms with Gasteiger partial charge in [-0.2, -0.15) is 0 Å². The van der Waals surface area contributed by atoms with E-state index in [2.05, 4.69) is 36.5 Å². The van der Waals surface area contributed by atoms with Crippen molar-refractivity contribution in [2.75, 3.05) is 11.1 Å². The van der Waals surface area contributed by atoms with E-state index in [-0.39, 0.29) is 11.8 Å². The molecule has 0 aliphatic carbocycles. The van der Waals surface area contributed by atoms with Crippen LogP contribution in [0.1, 0.15) is 35.1 Å². The maximum Gasteiger partial charge on any atom is 0.248 e. The van der Waals surface area contributed by atoms with Gasteiger partial charge >= 0.3 is 0 Å². The zero-order valence-electron chi connectivity index (χ0n) is 15.9. The van der Waals surface area contributed by atoms with Crippen LogP contribution in [0, 0.1) is 20.8 Å². The van der Waals surface area contributed by atoms with Gasteiger partial charge in [0.25, 0.3) is 0 Å². The standard InChI is InChI=1S/C22H24N2O2S/c1-14-7-9-17(10-8-14)22-12-11-20(25)24(22)19(13-27-22)21(26)23-18-6-4-5-15(2)16(18)3/h4-10,19H,11-13H2,1-3H3,(H,23,26). The van der Waals surface area contributed by atoms with Crippen molar-refractivity contribution >= 4 is 29.3 Å². The number of nitrogens with one attached hydrogen (secondary N) is 1. The molecule has 2 aliphatic rings. The first-order valence-electron chi connectivity index (χ1n) is 9.33. The molecule has 2 aromatic rings. The fourth-order valence-corrected chi connectivity index (χ4v) is 5.70. The van der Waals surface area contributed by atoms with E-state index in [9.17, 15) is 9.59 Å². The molecule has 0 saturated carbocycles. The first-order chi connectivity index (χ1) is 12.9. The summed E-state index contributed by atoms with van der Waals surface area (Å²) in [7, 11) is 0. The van der Waals surface area contributed by atoms with Crippen LogP contribution >= 0.6 is 11.8 Å². The van der Waals surface area contributed by atoms with Gasteiger partial charge in [-0.3, -0.25) is 9.59 Å². The molecule has 4 rings (SSSR count). The summed E-state index contributed by atoms with van der Waals surface area (Å²) >= 11 is 1.72. The van der Waals surface area contributed by atoms with Gasteiger partial charge in [-0.05, 0) is 49.9 Å². The van der Waals surface area contributed by atoms with Crippen molar-refractivity contribution in [3.8, 4) is 0 Å². The number of rotatable bonds is 3. The summed E-state index contributed by atoms with van der Waals surface area (Å²) in [6.07, 6.45) is 1.25. The van der Waals surface area contributed by atoms with Crippen LogP contribution in [0.3, 0.4) is 0 Å². The second-order valence-corrected chi connectivity index (χ2v) is 8.78. The number of anilines is 1. The monoisotopic (exact) mass is 380 g/mol. The predicted molar refractivity (Wildman–Crippen MR) is 110 cm³/mol. The van der Waals surface area contributed by atoms with Crippen molar-refractivity contribution in [2.45, 2.75) is 44.5 Å². The number of fused-ring (bicyclic) bond motifs is 1. The van der Waals surface area contributed by atoms with Crippen molar-refractivity contribution in [3.63, 3.8) is 0 Å². The molecular weight excluding hydrogens is 356 g/mol. The molecule has 27 heavy (non-hydrogen) atoms. The molecule has 2 unspecified atom stereocenters. The summed E-state index contributed by atoms with van der Waals surface area (Å²) in [5.74, 6) is 0.596. The van der Waals surface area contributed by atoms with Crippen LogP contribution in [0.25, 0.3) is 0 Å². The van der Waals surface area contributed by atoms with Crippen molar-refractivity contribution < 1.29 is 9.59 Å². The number of carbonyl (C=O) groups is 2. The third kappa shape index (κ3) is 2.94. The molecular formula is C22H24N2O2S. The van der Waals surface area contributed by atoms with Gasteiger partial charge in [0, 0.05) is 17.9 Å². The molecule has 5 heteroatoms. The van der Waals surface area contributed by atoms with E-state index in [1.807, 2.05) is 36.9 Å². The fraction of sp³-hybridized carbons (Fsp3) is 0.364. The number of thioether (sulfide) groups is 1. The molecule has 2 aliphatic heterocycles. The maximum absolute atomic E-state index is 13.1. The lowest BCUT2D eigenvalue weighted by molar-refractivity contribution is -0.136. The molecule has 2 heterocycles. The summed E-state index contributed by atoms with van der Waals surface area (Å²) in [5.41, 5.74) is 5.34. The fourth-order valence-electron chi connectivity index (χ4n) is 4.05. The molecule has 140 valence electrons. The van der Waals surface area contributed by atoms with E-state index in [0.29, 0.717) is 12.2 Å². The van der Waals surface area contributed by atoms with Gasteiger partial charge in [-0.1, -0.05) is 42.0 Å². The van der Waals surface area contributed by atoms with Crippen LogP contribution < -0.4 is 5.32 Å². The van der Waals surface area contributed by atoms with Gasteiger partial charge in [0.15, 0.2) is 0 Å². The smallest absolute Gasteiger partial charge is 0.248 e. The Kier molecular flexibility index (Phi) is 4.50. The van der Waals surface area contributed by atoms with E-state index < -0.39 is 10.9 Å². The number of hydrogen-bond donors (Lipinski definition) is 1. The van der Waals surface area contributed by atoms with Crippen molar-refractivity contribution in [1.82, 2.24) is 4.90 Å². The van der Waals surface area contributed by atoms with Gasteiger partial charge in [-0.25, -0.2) is 0 Å². The lowest BCUT2D eigenvalue weighted by atomic mass is 10.0. The summed E-state index contributed by atoms with van der Waals surface area (Å²) in [5, 5.41) is 3.06. The highest BCUT2D eigenvalue weighted by Crippen LogP contribution is 2.54. The Hall–Kier alpha value is -2.27. The largest absolute Gasteiger partial charge is 0.324 e. The molecule has 0 bridgehead atoms. The second kappa shape index (κ2) is 6.71. The van der Waals surface area contributed by atoms with E-state index in [4.69, 9.17) is 0 Å². The van der Waals surface area contributed by atoms with E-state index >= 15 is 0 Å². The lowest BCUT2D eigenvalue weighted by Gasteiger charge is -2.34. The summed E-state index contributed by atoms with van der Waals surface area (Å²) in [4.78, 5) is 27.2. The Morgan fingerprint density at radius 1 is 1.15 bits per heavy atom. The van der Waals surface area contributed by atoms with Gasteiger partial charge < -0.3 is 10.2 Å². The van der Waals surface area contributed by atoms with Crippen LogP contribution in [0.15, 0.2) is 42.5 Å². The topological polar surface area (TPSA) is 49.4 Å². The lowest BCUT2D eigenvalue weighted by Crippen LogP contribution is -2.48. The molecule has 2 atom stereocenters. The Morgan fingerprint density at radius 3 is 2.63 bits per heavy atom. The average Bonchev–Trinajstić information content (AvgIpc) is 3.19. The van der Waals surface area contributed by atoms with Crippen LogP contribution in [-0.4, -0.2) is 28.5 Å². The van der Waals surface area contributed by atoms with Crippen LogP contribution in [0.2, 0.25) is 0 Å². The summed E-state index contributed by atoms with van der Waals surface area (Å²) < 4.78 is 0. The molecule has 0 aromatic heterocycles. The second-order valence-electron chi connectivity index (χ2n) is 7.48. The number of nitrogens with zero attached hydrogens (tertiary/aromatic N) is 1. The van der Waals surface area contributed by atoms with Gasteiger partial charge in [0.05, 0.1) is 0 Å². The number of amides is 2. The average molecular weight is 381 g/mol. The van der Waals surface area contributed by atoms with Crippen LogP contribution in [0.4, 0.5) is 5.69 Å². The van der Waals surface area contributed by atoms with E-state index in [0.717, 1.165) is 28.8 Å². The van der Waals surface area contributed by atoms with Crippen LogP contribution in [-0.2, 0) is 14.5 Å². The SMILES string of the molecule is Cc1ccc(C23CCC(=O)N2C(C(=O)Nc2cccc(C)c2C)CS3)cc1. The number of benzene rings is 2. The minimum Gasteiger partial charge on any atom is -0.324 e. The molecule has 4 nitrogen and oxygen atoms in total. The Morgan fingerprint density at radius 2 is 1.89 bits per heavy atom. The van der Waals surface area contributed by atoms with Crippen LogP contribution in [0.5, 0.6) is 0 Å².